The van der Waals surface area contributed by atoms with Gasteiger partial charge in [-0.25, -0.2) is 0 Å². The number of piperidine rings is 1. The molecule has 0 radical (unpaired) electrons. The van der Waals surface area contributed by atoms with E-state index in [4.69, 9.17) is 0 Å². The van der Waals surface area contributed by atoms with Crippen LogP contribution in [0, 0.1) is 0 Å². The first-order chi connectivity index (χ1) is 8.33. The molecule has 2 heterocycles. The van der Waals surface area contributed by atoms with Crippen molar-refractivity contribution in [3.8, 4) is 0 Å². The molecule has 0 N–H and O–H groups in total. The van der Waals surface area contributed by atoms with Gasteiger partial charge < -0.3 is 0 Å². The number of ketones is 1. The minimum atomic E-state index is 0.155. The highest BCUT2D eigenvalue weighted by Gasteiger charge is 2.56. The van der Waals surface area contributed by atoms with E-state index < -0.39 is 0 Å². The number of rotatable bonds is 3. The average molecular weight is 294 g/mol. The molecule has 17 heavy (non-hydrogen) atoms. The number of fused-ring (bicyclic) bond motifs is 1. The first-order valence-corrected chi connectivity index (χ1v) is 7.37. The Labute approximate surface area is 110 Å². The Morgan fingerprint density at radius 1 is 1.29 bits per heavy atom. The first-order valence-electron chi connectivity index (χ1n) is 6.25. The molecule has 90 valence electrons. The maximum Gasteiger partial charge on any atom is 0.181 e. The van der Waals surface area contributed by atoms with E-state index >= 15 is 0 Å². The van der Waals surface area contributed by atoms with Crippen LogP contribution in [0.1, 0.15) is 29.6 Å². The molecule has 4 atom stereocenters. The van der Waals surface area contributed by atoms with Gasteiger partial charge >= 0.3 is 0 Å². The molecule has 1 aromatic carbocycles. The van der Waals surface area contributed by atoms with Gasteiger partial charge in [-0.3, -0.25) is 9.69 Å². The minimum absolute atomic E-state index is 0.155. The van der Waals surface area contributed by atoms with Gasteiger partial charge in [-0.1, -0.05) is 52.7 Å². The number of carbonyl (C=O) groups is 1. The van der Waals surface area contributed by atoms with E-state index in [1.165, 1.54) is 19.3 Å². The molecule has 0 bridgehead atoms. The molecule has 2 aliphatic heterocycles. The summed E-state index contributed by atoms with van der Waals surface area (Å²) in [5.74, 6) is 0.309. The van der Waals surface area contributed by atoms with Gasteiger partial charge in [0.1, 0.15) is 0 Å². The number of carbonyl (C=O) groups excluding carboxylic acids is 1. The van der Waals surface area contributed by atoms with Crippen molar-refractivity contribution < 1.29 is 4.79 Å². The fraction of sp³-hybridized carbons (Fsp3) is 0.500. The summed E-state index contributed by atoms with van der Waals surface area (Å²) in [6.45, 7) is 0. The molecule has 1 aromatic rings. The number of hydrogen-bond acceptors (Lipinski definition) is 2. The van der Waals surface area contributed by atoms with Crippen molar-refractivity contribution in [1.82, 2.24) is 4.90 Å². The van der Waals surface area contributed by atoms with Crippen LogP contribution in [-0.2, 0) is 0 Å². The lowest BCUT2D eigenvalue weighted by Gasteiger charge is -2.20. The van der Waals surface area contributed by atoms with Crippen LogP contribution in [0.5, 0.6) is 0 Å². The van der Waals surface area contributed by atoms with Crippen molar-refractivity contribution in [3.05, 3.63) is 35.9 Å². The van der Waals surface area contributed by atoms with E-state index in [1.807, 2.05) is 30.3 Å². The molecule has 2 fully saturated rings. The van der Waals surface area contributed by atoms with E-state index in [1.54, 1.807) is 0 Å². The number of halogens is 1. The van der Waals surface area contributed by atoms with Crippen LogP contribution in [0.4, 0.5) is 0 Å². The van der Waals surface area contributed by atoms with Crippen LogP contribution in [-0.4, -0.2) is 34.1 Å². The lowest BCUT2D eigenvalue weighted by atomic mass is 10.0. The predicted molar refractivity (Wildman–Crippen MR) is 71.6 cm³/mol. The van der Waals surface area contributed by atoms with Crippen LogP contribution in [0.2, 0.25) is 0 Å². The SMILES string of the molecule is O=C(c1ccccc1)[C@H]1[C@H]2CCCC(CBr)N21. The Hall–Kier alpha value is -0.670. The van der Waals surface area contributed by atoms with Crippen molar-refractivity contribution >= 4 is 21.7 Å². The van der Waals surface area contributed by atoms with Gasteiger partial charge in [0.25, 0.3) is 0 Å². The largest absolute Gasteiger partial charge is 0.292 e. The summed E-state index contributed by atoms with van der Waals surface area (Å²) < 4.78 is 0. The lowest BCUT2D eigenvalue weighted by Crippen LogP contribution is -2.27. The Bertz CT molecular complexity index is 419. The smallest absolute Gasteiger partial charge is 0.181 e. The van der Waals surface area contributed by atoms with E-state index in [2.05, 4.69) is 20.8 Å². The van der Waals surface area contributed by atoms with E-state index in [9.17, 15) is 4.79 Å². The normalized spacial score (nSPS) is 35.1. The molecule has 3 heteroatoms. The van der Waals surface area contributed by atoms with Crippen molar-refractivity contribution in [1.29, 1.82) is 0 Å². The molecule has 2 aliphatic rings. The quantitative estimate of drug-likeness (QED) is 0.485. The summed E-state index contributed by atoms with van der Waals surface area (Å²) in [6.07, 6.45) is 3.67. The lowest BCUT2D eigenvalue weighted by molar-refractivity contribution is 0.0969. The van der Waals surface area contributed by atoms with Gasteiger partial charge in [0.2, 0.25) is 0 Å². The van der Waals surface area contributed by atoms with Crippen molar-refractivity contribution in [2.45, 2.75) is 37.4 Å². The number of nitrogens with zero attached hydrogens (tertiary/aromatic N) is 1. The number of Topliss-reactive ketones (excluding diaryl/α,β-unsaturated/α-hetero) is 1. The van der Waals surface area contributed by atoms with Gasteiger partial charge in [0.05, 0.1) is 6.04 Å². The average Bonchev–Trinajstić information content (AvgIpc) is 3.13. The van der Waals surface area contributed by atoms with Crippen LogP contribution < -0.4 is 0 Å². The van der Waals surface area contributed by atoms with Gasteiger partial charge in [0.15, 0.2) is 5.78 Å². The van der Waals surface area contributed by atoms with Crippen LogP contribution in [0.25, 0.3) is 0 Å². The fourth-order valence-electron chi connectivity index (χ4n) is 3.06. The second-order valence-corrected chi connectivity index (χ2v) is 5.58. The van der Waals surface area contributed by atoms with E-state index in [-0.39, 0.29) is 6.04 Å². The summed E-state index contributed by atoms with van der Waals surface area (Å²) >= 11 is 3.56. The molecule has 0 saturated carbocycles. The van der Waals surface area contributed by atoms with Gasteiger partial charge in [-0.2, -0.15) is 0 Å². The first kappa shape index (κ1) is 11.4. The van der Waals surface area contributed by atoms with Gasteiger partial charge in [-0.15, -0.1) is 0 Å². The van der Waals surface area contributed by atoms with Gasteiger partial charge in [0, 0.05) is 23.0 Å². The van der Waals surface area contributed by atoms with Crippen molar-refractivity contribution in [3.63, 3.8) is 0 Å². The summed E-state index contributed by atoms with van der Waals surface area (Å²) in [7, 11) is 0. The third-order valence-electron chi connectivity index (χ3n) is 3.94. The maximum absolute atomic E-state index is 12.4. The van der Waals surface area contributed by atoms with Crippen molar-refractivity contribution in [2.75, 3.05) is 5.33 Å². The van der Waals surface area contributed by atoms with Gasteiger partial charge in [-0.05, 0) is 12.8 Å². The third-order valence-corrected chi connectivity index (χ3v) is 4.69. The minimum Gasteiger partial charge on any atom is -0.292 e. The molecular weight excluding hydrogens is 278 g/mol. The summed E-state index contributed by atoms with van der Waals surface area (Å²) in [4.78, 5) is 14.8. The zero-order valence-corrected chi connectivity index (χ0v) is 11.3. The summed E-state index contributed by atoms with van der Waals surface area (Å²) in [6, 6.07) is 10.9. The highest BCUT2D eigenvalue weighted by molar-refractivity contribution is 9.09. The van der Waals surface area contributed by atoms with Crippen LogP contribution in [0.3, 0.4) is 0 Å². The second-order valence-electron chi connectivity index (χ2n) is 4.93. The predicted octanol–water partition coefficient (Wildman–Crippen LogP) is 2.87. The van der Waals surface area contributed by atoms with Crippen molar-refractivity contribution in [2.24, 2.45) is 0 Å². The van der Waals surface area contributed by atoms with Crippen LogP contribution >= 0.6 is 15.9 Å². The monoisotopic (exact) mass is 293 g/mol. The molecule has 2 unspecified atom stereocenters. The highest BCUT2D eigenvalue weighted by Crippen LogP contribution is 2.42. The molecular formula is C14H16BrNO. The van der Waals surface area contributed by atoms with Crippen LogP contribution in [0.15, 0.2) is 30.3 Å². The fourth-order valence-corrected chi connectivity index (χ4v) is 3.71. The molecule has 3 rings (SSSR count). The number of alkyl halides is 1. The molecule has 2 nitrogen and oxygen atoms in total. The summed E-state index contributed by atoms with van der Waals surface area (Å²) in [5.41, 5.74) is 0.861. The third kappa shape index (κ3) is 1.95. The zero-order valence-electron chi connectivity index (χ0n) is 9.68. The molecule has 0 aliphatic carbocycles. The molecule has 0 aromatic heterocycles. The maximum atomic E-state index is 12.4. The Morgan fingerprint density at radius 2 is 2.06 bits per heavy atom. The number of benzene rings is 1. The topological polar surface area (TPSA) is 20.1 Å². The molecule has 0 spiro atoms. The number of hydrogen-bond donors (Lipinski definition) is 0. The molecule has 2 saturated heterocycles. The zero-order chi connectivity index (χ0) is 11.8. The Balaban J connectivity index is 1.77. The molecule has 0 amide bonds. The van der Waals surface area contributed by atoms with E-state index in [0.717, 1.165) is 10.9 Å². The Kier molecular flexibility index (Phi) is 3.05. The second kappa shape index (κ2) is 4.54. The van der Waals surface area contributed by atoms with E-state index in [0.29, 0.717) is 17.9 Å². The Morgan fingerprint density at radius 3 is 2.76 bits per heavy atom. The summed E-state index contributed by atoms with van der Waals surface area (Å²) in [5, 5.41) is 0.988. The highest BCUT2D eigenvalue weighted by atomic mass is 79.9. The standard InChI is InChI=1S/C14H16BrNO/c15-9-11-7-4-8-12-13(16(11)12)14(17)10-5-2-1-3-6-10/h1-3,5-6,11-13H,4,7-9H2/t11?,12-,13-,16?/m1/s1.